The molecule has 0 radical (unpaired) electrons. The summed E-state index contributed by atoms with van der Waals surface area (Å²) >= 11 is 0. The number of carbonyl (C=O) groups is 2. The van der Waals surface area contributed by atoms with Crippen LogP contribution >= 0.6 is 0 Å². The Morgan fingerprint density at radius 1 is 1.04 bits per heavy atom. The summed E-state index contributed by atoms with van der Waals surface area (Å²) in [7, 11) is 0. The Morgan fingerprint density at radius 3 is 1.96 bits per heavy atom. The Kier molecular flexibility index (Phi) is 5.03. The maximum atomic E-state index is 12.3. The lowest BCUT2D eigenvalue weighted by Gasteiger charge is -2.20. The number of hydrogen-bond donors (Lipinski definition) is 2. The zero-order valence-electron chi connectivity index (χ0n) is 14.2. The Labute approximate surface area is 134 Å². The smallest absolute Gasteiger partial charge is 0.360 e. The molecule has 0 saturated heterocycles. The fraction of sp³-hybridized carbons (Fsp3) is 0.571. The summed E-state index contributed by atoms with van der Waals surface area (Å²) in [6, 6.07) is 0. The van der Waals surface area contributed by atoms with Gasteiger partial charge in [0.15, 0.2) is 5.69 Å². The van der Waals surface area contributed by atoms with Gasteiger partial charge >= 0.3 is 11.9 Å². The van der Waals surface area contributed by atoms with Crippen molar-refractivity contribution in [2.24, 2.45) is 16.6 Å². The minimum absolute atomic E-state index is 0.0841. The number of esters is 2. The molecule has 1 aromatic heterocycles. The lowest BCUT2D eigenvalue weighted by Crippen LogP contribution is -2.27. The van der Waals surface area contributed by atoms with Crippen LogP contribution in [0.3, 0.4) is 0 Å². The SMILES string of the molecule is CC(C)(C)OC(=O)c1cn(N=C(N)N)nc1C(=O)OC(C)(C)C. The summed E-state index contributed by atoms with van der Waals surface area (Å²) in [5.74, 6) is -1.78. The molecule has 4 N–H and O–H groups in total. The van der Waals surface area contributed by atoms with Crippen molar-refractivity contribution in [1.82, 2.24) is 9.89 Å². The van der Waals surface area contributed by atoms with E-state index in [0.717, 1.165) is 4.79 Å². The molecule has 1 rings (SSSR count). The molecule has 0 aliphatic rings. The number of nitrogens with two attached hydrogens (primary N) is 2. The predicted octanol–water partition coefficient (Wildman–Crippen LogP) is 0.830. The van der Waals surface area contributed by atoms with Gasteiger partial charge in [-0.2, -0.15) is 4.79 Å². The second kappa shape index (κ2) is 6.27. The first kappa shape index (κ1) is 18.5. The number of nitrogens with zero attached hydrogens (tertiary/aromatic N) is 3. The van der Waals surface area contributed by atoms with E-state index < -0.39 is 23.1 Å². The molecular weight excluding hydrogens is 302 g/mol. The maximum Gasteiger partial charge on any atom is 0.360 e. The number of hydrogen-bond acceptors (Lipinski definition) is 6. The van der Waals surface area contributed by atoms with Crippen molar-refractivity contribution in [2.75, 3.05) is 0 Å². The van der Waals surface area contributed by atoms with Crippen molar-refractivity contribution >= 4 is 17.9 Å². The molecule has 0 aromatic carbocycles. The number of rotatable bonds is 3. The van der Waals surface area contributed by atoms with E-state index in [1.807, 2.05) is 0 Å². The van der Waals surface area contributed by atoms with E-state index >= 15 is 0 Å². The zero-order chi connectivity index (χ0) is 18.0. The Hall–Kier alpha value is -2.58. The molecular formula is C14H23N5O4. The third-order valence-electron chi connectivity index (χ3n) is 2.13. The monoisotopic (exact) mass is 325 g/mol. The third-order valence-corrected chi connectivity index (χ3v) is 2.13. The van der Waals surface area contributed by atoms with Gasteiger partial charge in [0.1, 0.15) is 16.8 Å². The largest absolute Gasteiger partial charge is 0.456 e. The van der Waals surface area contributed by atoms with Gasteiger partial charge in [0.25, 0.3) is 0 Å². The van der Waals surface area contributed by atoms with Crippen molar-refractivity contribution < 1.29 is 19.1 Å². The first-order chi connectivity index (χ1) is 10.3. The topological polar surface area (TPSA) is 135 Å². The quantitative estimate of drug-likeness (QED) is 0.477. The van der Waals surface area contributed by atoms with Gasteiger partial charge < -0.3 is 20.9 Å². The van der Waals surface area contributed by atoms with E-state index in [1.54, 1.807) is 41.5 Å². The number of aromatic nitrogens is 2. The van der Waals surface area contributed by atoms with Crippen LogP contribution < -0.4 is 11.5 Å². The minimum Gasteiger partial charge on any atom is -0.456 e. The van der Waals surface area contributed by atoms with Crippen LogP contribution in [0, 0.1) is 0 Å². The van der Waals surface area contributed by atoms with Crippen molar-refractivity contribution in [3.8, 4) is 0 Å². The minimum atomic E-state index is -0.775. The van der Waals surface area contributed by atoms with E-state index in [-0.39, 0.29) is 17.2 Å². The second-order valence-electron chi connectivity index (χ2n) is 6.84. The van der Waals surface area contributed by atoms with Gasteiger partial charge in [-0.1, -0.05) is 0 Å². The molecule has 0 unspecified atom stereocenters. The first-order valence-corrected chi connectivity index (χ1v) is 6.95. The molecule has 0 fully saturated rings. The second-order valence-corrected chi connectivity index (χ2v) is 6.84. The van der Waals surface area contributed by atoms with Crippen LogP contribution in [0.5, 0.6) is 0 Å². The average Bonchev–Trinajstić information content (AvgIpc) is 2.67. The van der Waals surface area contributed by atoms with E-state index in [4.69, 9.17) is 20.9 Å². The van der Waals surface area contributed by atoms with Crippen LogP contribution in [0.2, 0.25) is 0 Å². The molecule has 23 heavy (non-hydrogen) atoms. The predicted molar refractivity (Wildman–Crippen MR) is 83.8 cm³/mol. The molecule has 1 heterocycles. The van der Waals surface area contributed by atoms with E-state index in [1.165, 1.54) is 6.20 Å². The third kappa shape index (κ3) is 5.97. The molecule has 0 saturated carbocycles. The highest BCUT2D eigenvalue weighted by atomic mass is 16.6. The van der Waals surface area contributed by atoms with E-state index in [2.05, 4.69) is 10.2 Å². The molecule has 0 aliphatic heterocycles. The summed E-state index contributed by atoms with van der Waals surface area (Å²) in [5, 5.41) is 7.54. The maximum absolute atomic E-state index is 12.3. The van der Waals surface area contributed by atoms with Gasteiger partial charge in [-0.25, -0.2) is 9.59 Å². The lowest BCUT2D eigenvalue weighted by atomic mass is 10.1. The Morgan fingerprint density at radius 2 is 1.52 bits per heavy atom. The fourth-order valence-corrected chi connectivity index (χ4v) is 1.49. The van der Waals surface area contributed by atoms with Crippen LogP contribution in [0.15, 0.2) is 11.3 Å². The summed E-state index contributed by atoms with van der Waals surface area (Å²) in [6.07, 6.45) is 1.20. The standard InChI is InChI=1S/C14H23N5O4/c1-13(2,3)22-10(20)8-7-19(18-12(15)16)17-9(8)11(21)23-14(4,5)6/h7H,1-6H3,(H4,15,16,18). The molecule has 128 valence electrons. The zero-order valence-corrected chi connectivity index (χ0v) is 14.2. The molecule has 0 aliphatic carbocycles. The van der Waals surface area contributed by atoms with Crippen molar-refractivity contribution in [3.05, 3.63) is 17.5 Å². The Balaban J connectivity index is 3.26. The van der Waals surface area contributed by atoms with Crippen LogP contribution in [-0.2, 0) is 9.47 Å². The van der Waals surface area contributed by atoms with E-state index in [9.17, 15) is 9.59 Å². The summed E-state index contributed by atoms with van der Waals surface area (Å²) in [5.41, 5.74) is 8.76. The van der Waals surface area contributed by atoms with Gasteiger partial charge in [0.2, 0.25) is 5.96 Å². The van der Waals surface area contributed by atoms with Gasteiger partial charge in [-0.3, -0.25) is 0 Å². The molecule has 0 amide bonds. The van der Waals surface area contributed by atoms with Crippen molar-refractivity contribution in [3.63, 3.8) is 0 Å². The molecule has 0 spiro atoms. The fourth-order valence-electron chi connectivity index (χ4n) is 1.49. The average molecular weight is 325 g/mol. The Bertz CT molecular complexity index is 585. The highest BCUT2D eigenvalue weighted by Crippen LogP contribution is 2.18. The van der Waals surface area contributed by atoms with Crippen LogP contribution in [0.25, 0.3) is 0 Å². The molecule has 1 aromatic rings. The van der Waals surface area contributed by atoms with Crippen LogP contribution in [0.1, 0.15) is 62.4 Å². The van der Waals surface area contributed by atoms with Crippen LogP contribution in [-0.4, -0.2) is 39.0 Å². The van der Waals surface area contributed by atoms with Crippen LogP contribution in [0.4, 0.5) is 0 Å². The highest BCUT2D eigenvalue weighted by Gasteiger charge is 2.29. The normalized spacial score (nSPS) is 11.7. The van der Waals surface area contributed by atoms with Gasteiger partial charge in [0, 0.05) is 0 Å². The number of ether oxygens (including phenoxy) is 2. The lowest BCUT2D eigenvalue weighted by molar-refractivity contribution is 0.00153. The number of carbonyl (C=O) groups excluding carboxylic acids is 2. The first-order valence-electron chi connectivity index (χ1n) is 6.95. The van der Waals surface area contributed by atoms with Crippen molar-refractivity contribution in [2.45, 2.75) is 52.7 Å². The number of guanidine groups is 1. The van der Waals surface area contributed by atoms with Crippen molar-refractivity contribution in [1.29, 1.82) is 0 Å². The molecule has 9 nitrogen and oxygen atoms in total. The van der Waals surface area contributed by atoms with Gasteiger partial charge in [0.05, 0.1) is 6.20 Å². The van der Waals surface area contributed by atoms with Gasteiger partial charge in [-0.15, -0.1) is 10.2 Å². The molecule has 0 bridgehead atoms. The van der Waals surface area contributed by atoms with Gasteiger partial charge in [-0.05, 0) is 41.5 Å². The summed E-state index contributed by atoms with van der Waals surface area (Å²) in [6.45, 7) is 10.2. The molecule has 0 atom stereocenters. The van der Waals surface area contributed by atoms with E-state index in [0.29, 0.717) is 0 Å². The molecule has 9 heteroatoms. The summed E-state index contributed by atoms with van der Waals surface area (Å²) in [4.78, 5) is 25.4. The summed E-state index contributed by atoms with van der Waals surface area (Å²) < 4.78 is 10.5. The highest BCUT2D eigenvalue weighted by molar-refractivity contribution is 6.01.